The highest BCUT2D eigenvalue weighted by atomic mass is 79.9. The Bertz CT molecular complexity index is 466. The summed E-state index contributed by atoms with van der Waals surface area (Å²) in [7, 11) is 0. The molecule has 0 N–H and O–H groups in total. The van der Waals surface area contributed by atoms with Gasteiger partial charge in [-0.3, -0.25) is 10.1 Å². The van der Waals surface area contributed by atoms with Crippen molar-refractivity contribution < 1.29 is 4.92 Å². The van der Waals surface area contributed by atoms with Crippen LogP contribution in [0.1, 0.15) is 25.0 Å². The summed E-state index contributed by atoms with van der Waals surface area (Å²) >= 11 is 3.56. The second-order valence-corrected chi connectivity index (χ2v) is 5.36. The van der Waals surface area contributed by atoms with Crippen LogP contribution in [0, 0.1) is 27.4 Å². The quantitative estimate of drug-likeness (QED) is 0.486. The van der Waals surface area contributed by atoms with Crippen LogP contribution in [0.4, 0.5) is 5.69 Å². The summed E-state index contributed by atoms with van der Waals surface area (Å²) in [4.78, 5) is 10.4. The molecule has 1 aromatic rings. The summed E-state index contributed by atoms with van der Waals surface area (Å²) in [5.41, 5.74) is 0.922. The number of nitro benzene ring substituents is 1. The standard InChI is InChI=1S/C12H13BrN2O2/c1-8(2)11(13)6-9-3-4-12(15(16)17)10(5-9)7-14/h3-5,8,11H,6H2,1-2H3. The van der Waals surface area contributed by atoms with Crippen molar-refractivity contribution in [2.75, 3.05) is 0 Å². The van der Waals surface area contributed by atoms with Crippen LogP contribution < -0.4 is 0 Å². The predicted molar refractivity (Wildman–Crippen MR) is 69.1 cm³/mol. The van der Waals surface area contributed by atoms with Crippen molar-refractivity contribution >= 4 is 21.6 Å². The number of benzene rings is 1. The number of halogens is 1. The first-order valence-electron chi connectivity index (χ1n) is 5.27. The molecule has 1 unspecified atom stereocenters. The van der Waals surface area contributed by atoms with Crippen LogP contribution in [0.3, 0.4) is 0 Å². The smallest absolute Gasteiger partial charge is 0.258 e. The lowest BCUT2D eigenvalue weighted by atomic mass is 10.0. The fourth-order valence-corrected chi connectivity index (χ4v) is 1.79. The first kappa shape index (κ1) is 13.7. The van der Waals surface area contributed by atoms with Gasteiger partial charge < -0.3 is 0 Å². The number of hydrogen-bond donors (Lipinski definition) is 0. The van der Waals surface area contributed by atoms with Crippen molar-refractivity contribution in [2.45, 2.75) is 25.1 Å². The van der Waals surface area contributed by atoms with E-state index < -0.39 is 4.92 Å². The van der Waals surface area contributed by atoms with Crippen LogP contribution >= 0.6 is 15.9 Å². The molecule has 0 aliphatic rings. The van der Waals surface area contributed by atoms with Gasteiger partial charge in [0.25, 0.3) is 5.69 Å². The number of nitro groups is 1. The van der Waals surface area contributed by atoms with Gasteiger partial charge in [0.05, 0.1) is 4.92 Å². The highest BCUT2D eigenvalue weighted by Crippen LogP contribution is 2.23. The van der Waals surface area contributed by atoms with Crippen LogP contribution in [-0.4, -0.2) is 9.75 Å². The lowest BCUT2D eigenvalue weighted by Gasteiger charge is -2.13. The predicted octanol–water partition coefficient (Wildman–Crippen LogP) is 3.43. The Labute approximate surface area is 109 Å². The monoisotopic (exact) mass is 296 g/mol. The van der Waals surface area contributed by atoms with E-state index in [0.717, 1.165) is 12.0 Å². The van der Waals surface area contributed by atoms with Gasteiger partial charge in [0, 0.05) is 10.9 Å². The SMILES string of the molecule is CC(C)C(Br)Cc1ccc([N+](=O)[O-])c(C#N)c1. The average molecular weight is 297 g/mol. The average Bonchev–Trinajstić information content (AvgIpc) is 2.28. The Hall–Kier alpha value is -1.41. The van der Waals surface area contributed by atoms with Gasteiger partial charge in [0.15, 0.2) is 0 Å². The van der Waals surface area contributed by atoms with Gasteiger partial charge in [-0.1, -0.05) is 35.8 Å². The summed E-state index contributed by atoms with van der Waals surface area (Å²) in [5, 5.41) is 19.5. The minimum absolute atomic E-state index is 0.121. The van der Waals surface area contributed by atoms with E-state index in [1.807, 2.05) is 6.07 Å². The maximum Gasteiger partial charge on any atom is 0.287 e. The Morgan fingerprint density at radius 3 is 2.65 bits per heavy atom. The summed E-state index contributed by atoms with van der Waals surface area (Å²) < 4.78 is 0. The van der Waals surface area contributed by atoms with Gasteiger partial charge >= 0.3 is 0 Å². The van der Waals surface area contributed by atoms with Gasteiger partial charge in [-0.2, -0.15) is 5.26 Å². The fourth-order valence-electron chi connectivity index (χ4n) is 1.42. The van der Waals surface area contributed by atoms with Gasteiger partial charge in [-0.05, 0) is 24.0 Å². The molecular formula is C12H13BrN2O2. The Morgan fingerprint density at radius 1 is 1.53 bits per heavy atom. The zero-order chi connectivity index (χ0) is 13.0. The third-order valence-corrected chi connectivity index (χ3v) is 3.91. The zero-order valence-corrected chi connectivity index (χ0v) is 11.3. The minimum Gasteiger partial charge on any atom is -0.258 e. The molecule has 0 heterocycles. The highest BCUT2D eigenvalue weighted by molar-refractivity contribution is 9.09. The largest absolute Gasteiger partial charge is 0.287 e. The number of nitriles is 1. The van der Waals surface area contributed by atoms with Crippen LogP contribution in [0.2, 0.25) is 0 Å². The van der Waals surface area contributed by atoms with E-state index in [9.17, 15) is 10.1 Å². The highest BCUT2D eigenvalue weighted by Gasteiger charge is 2.16. The zero-order valence-electron chi connectivity index (χ0n) is 9.68. The van der Waals surface area contributed by atoms with Crippen molar-refractivity contribution in [3.8, 4) is 6.07 Å². The third kappa shape index (κ3) is 3.53. The van der Waals surface area contributed by atoms with E-state index in [2.05, 4.69) is 29.8 Å². The Kier molecular flexibility index (Phi) is 4.64. The number of alkyl halides is 1. The molecule has 4 nitrogen and oxygen atoms in total. The maximum atomic E-state index is 10.7. The van der Waals surface area contributed by atoms with E-state index >= 15 is 0 Å². The Morgan fingerprint density at radius 2 is 2.18 bits per heavy atom. The van der Waals surface area contributed by atoms with E-state index in [4.69, 9.17) is 5.26 Å². The second-order valence-electron chi connectivity index (χ2n) is 4.18. The molecule has 0 saturated heterocycles. The number of hydrogen-bond acceptors (Lipinski definition) is 3. The molecule has 0 spiro atoms. The van der Waals surface area contributed by atoms with E-state index in [-0.39, 0.29) is 11.3 Å². The van der Waals surface area contributed by atoms with E-state index in [1.165, 1.54) is 6.07 Å². The first-order valence-corrected chi connectivity index (χ1v) is 6.18. The van der Waals surface area contributed by atoms with E-state index in [1.54, 1.807) is 12.1 Å². The second kappa shape index (κ2) is 5.78. The third-order valence-electron chi connectivity index (χ3n) is 2.53. The molecule has 90 valence electrons. The molecule has 0 saturated carbocycles. The maximum absolute atomic E-state index is 10.7. The fraction of sp³-hybridized carbons (Fsp3) is 0.417. The summed E-state index contributed by atoms with van der Waals surface area (Å²) in [6.07, 6.45) is 0.754. The van der Waals surface area contributed by atoms with Crippen LogP contribution in [0.25, 0.3) is 0 Å². The van der Waals surface area contributed by atoms with Crippen LogP contribution in [0.15, 0.2) is 18.2 Å². The van der Waals surface area contributed by atoms with Crippen molar-refractivity contribution in [3.05, 3.63) is 39.4 Å². The van der Waals surface area contributed by atoms with Gasteiger partial charge in [-0.15, -0.1) is 0 Å². The van der Waals surface area contributed by atoms with Gasteiger partial charge in [0.2, 0.25) is 0 Å². The number of rotatable bonds is 4. The van der Waals surface area contributed by atoms with Gasteiger partial charge in [0.1, 0.15) is 11.6 Å². The lowest BCUT2D eigenvalue weighted by molar-refractivity contribution is -0.385. The molecule has 0 aromatic heterocycles. The molecule has 1 rings (SSSR count). The molecular weight excluding hydrogens is 284 g/mol. The van der Waals surface area contributed by atoms with Crippen molar-refractivity contribution in [1.82, 2.24) is 0 Å². The van der Waals surface area contributed by atoms with Gasteiger partial charge in [-0.25, -0.2) is 0 Å². The molecule has 5 heteroatoms. The molecule has 1 atom stereocenters. The van der Waals surface area contributed by atoms with Crippen molar-refractivity contribution in [2.24, 2.45) is 5.92 Å². The van der Waals surface area contributed by atoms with Crippen molar-refractivity contribution in [1.29, 1.82) is 5.26 Å². The molecule has 0 aliphatic carbocycles. The lowest BCUT2D eigenvalue weighted by Crippen LogP contribution is -2.10. The summed E-state index contributed by atoms with van der Waals surface area (Å²) in [6.45, 7) is 4.19. The topological polar surface area (TPSA) is 66.9 Å². The molecule has 1 aromatic carbocycles. The van der Waals surface area contributed by atoms with Crippen LogP contribution in [0.5, 0.6) is 0 Å². The minimum atomic E-state index is -0.531. The molecule has 0 aliphatic heterocycles. The molecule has 0 amide bonds. The normalized spacial score (nSPS) is 12.2. The molecule has 17 heavy (non-hydrogen) atoms. The summed E-state index contributed by atoms with van der Waals surface area (Å²) in [6, 6.07) is 6.56. The summed E-state index contributed by atoms with van der Waals surface area (Å²) in [5.74, 6) is 0.468. The number of nitrogens with zero attached hydrogens (tertiary/aromatic N) is 2. The van der Waals surface area contributed by atoms with Crippen LogP contribution in [-0.2, 0) is 6.42 Å². The molecule has 0 radical (unpaired) electrons. The molecule has 0 bridgehead atoms. The van der Waals surface area contributed by atoms with Crippen molar-refractivity contribution in [3.63, 3.8) is 0 Å². The first-order chi connectivity index (χ1) is 7.95. The molecule has 0 fully saturated rings. The Balaban J connectivity index is 2.99. The van der Waals surface area contributed by atoms with E-state index in [0.29, 0.717) is 10.7 Å².